The molecule has 0 aliphatic carbocycles. The Bertz CT molecular complexity index is 200. The first-order valence-corrected chi connectivity index (χ1v) is 4.83. The second-order valence-corrected chi connectivity index (χ2v) is 3.58. The smallest absolute Gasteiger partial charge is 0.267 e. The molecular formula is C6H14O5S. The van der Waals surface area contributed by atoms with Crippen molar-refractivity contribution in [1.29, 1.82) is 0 Å². The highest BCUT2D eigenvalue weighted by Gasteiger charge is 2.07. The second-order valence-electron chi connectivity index (χ2n) is 2.08. The molecule has 0 radical (unpaired) electrons. The number of aliphatic hydroxyl groups is 2. The third-order valence-electron chi connectivity index (χ3n) is 0.601. The maximum absolute atomic E-state index is 9.84. The summed E-state index contributed by atoms with van der Waals surface area (Å²) in [6, 6.07) is 0. The van der Waals surface area contributed by atoms with Gasteiger partial charge in [-0.05, 0) is 13.8 Å². The molecule has 1 unspecified atom stereocenters. The van der Waals surface area contributed by atoms with E-state index < -0.39 is 22.0 Å². The molecule has 0 rings (SSSR count). The minimum atomic E-state index is -3.97. The molecule has 1 atom stereocenters. The number of hydrogen-bond acceptors (Lipinski definition) is 4. The van der Waals surface area contributed by atoms with Crippen LogP contribution < -0.4 is 0 Å². The third kappa shape index (κ3) is 22.7. The largest absolute Gasteiger partial charge is 0.516 e. The molecule has 3 N–H and O–H groups in total. The van der Waals surface area contributed by atoms with Gasteiger partial charge in [0.1, 0.15) is 5.75 Å². The van der Waals surface area contributed by atoms with Gasteiger partial charge in [-0.1, -0.05) is 6.08 Å². The molecule has 0 aliphatic rings. The van der Waals surface area contributed by atoms with Gasteiger partial charge in [-0.3, -0.25) is 4.55 Å². The fourth-order valence-electron chi connectivity index (χ4n) is 0.305. The molecule has 0 spiro atoms. The molecule has 0 amide bonds. The Balaban J connectivity index is 0. The zero-order valence-electron chi connectivity index (χ0n) is 7.01. The van der Waals surface area contributed by atoms with Crippen molar-refractivity contribution in [3.05, 3.63) is 12.3 Å². The van der Waals surface area contributed by atoms with E-state index in [0.717, 1.165) is 6.26 Å². The average molecular weight is 198 g/mol. The summed E-state index contributed by atoms with van der Waals surface area (Å²) < 4.78 is 27.7. The molecule has 0 aromatic rings. The van der Waals surface area contributed by atoms with Crippen LogP contribution in [0.5, 0.6) is 0 Å². The maximum Gasteiger partial charge on any atom is 0.267 e. The van der Waals surface area contributed by atoms with Crippen LogP contribution in [0.15, 0.2) is 12.3 Å². The van der Waals surface area contributed by atoms with Crippen LogP contribution in [-0.4, -0.2) is 35.0 Å². The fraction of sp³-hybridized carbons (Fsp3) is 0.667. The van der Waals surface area contributed by atoms with Gasteiger partial charge < -0.3 is 10.2 Å². The van der Waals surface area contributed by atoms with Crippen molar-refractivity contribution in [2.45, 2.75) is 20.0 Å². The Labute approximate surface area is 72.1 Å². The van der Waals surface area contributed by atoms with Crippen molar-refractivity contribution in [2.24, 2.45) is 0 Å². The number of rotatable bonds is 2. The van der Waals surface area contributed by atoms with Gasteiger partial charge in [-0.15, -0.1) is 0 Å². The maximum atomic E-state index is 9.84. The van der Waals surface area contributed by atoms with Crippen LogP contribution in [0.3, 0.4) is 0 Å². The van der Waals surface area contributed by atoms with E-state index in [1.165, 1.54) is 6.92 Å². The molecule has 0 aliphatic heterocycles. The first-order chi connectivity index (χ1) is 5.33. The SMILES string of the molecule is CC(O)CS(=O)(=O)O.CC=CO. The zero-order valence-corrected chi connectivity index (χ0v) is 7.82. The molecule has 0 heterocycles. The summed E-state index contributed by atoms with van der Waals surface area (Å²) in [4.78, 5) is 0. The Morgan fingerprint density at radius 3 is 1.83 bits per heavy atom. The van der Waals surface area contributed by atoms with E-state index in [2.05, 4.69) is 0 Å². The van der Waals surface area contributed by atoms with Gasteiger partial charge in [0.25, 0.3) is 10.1 Å². The molecule has 0 aromatic heterocycles. The van der Waals surface area contributed by atoms with Crippen molar-refractivity contribution in [2.75, 3.05) is 5.75 Å². The Morgan fingerprint density at radius 2 is 1.83 bits per heavy atom. The van der Waals surface area contributed by atoms with E-state index >= 15 is 0 Å². The van der Waals surface area contributed by atoms with Crippen LogP contribution in [0.1, 0.15) is 13.8 Å². The molecule has 6 heteroatoms. The predicted octanol–water partition coefficient (Wildman–Crippen LogP) is 0.333. The highest BCUT2D eigenvalue weighted by Crippen LogP contribution is 1.86. The van der Waals surface area contributed by atoms with Crippen molar-refractivity contribution in [1.82, 2.24) is 0 Å². The summed E-state index contributed by atoms with van der Waals surface area (Å²) in [6.45, 7) is 3.04. The average Bonchev–Trinajstić information content (AvgIpc) is 1.83. The zero-order chi connectivity index (χ0) is 10.2. The second kappa shape index (κ2) is 7.08. The van der Waals surface area contributed by atoms with Crippen molar-refractivity contribution in [3.8, 4) is 0 Å². The lowest BCUT2D eigenvalue weighted by Gasteiger charge is -1.97. The minimum absolute atomic E-state index is 0.590. The summed E-state index contributed by atoms with van der Waals surface area (Å²) >= 11 is 0. The quantitative estimate of drug-likeness (QED) is 0.439. The van der Waals surface area contributed by atoms with Gasteiger partial charge in [-0.25, -0.2) is 0 Å². The lowest BCUT2D eigenvalue weighted by atomic mass is 10.5. The molecule has 0 bridgehead atoms. The van der Waals surface area contributed by atoms with Crippen molar-refractivity contribution in [3.63, 3.8) is 0 Å². The van der Waals surface area contributed by atoms with Gasteiger partial charge in [0.15, 0.2) is 0 Å². The minimum Gasteiger partial charge on any atom is -0.516 e. The topological polar surface area (TPSA) is 94.8 Å². The molecule has 5 nitrogen and oxygen atoms in total. The molecular weight excluding hydrogens is 184 g/mol. The molecule has 0 saturated carbocycles. The molecule has 0 aromatic carbocycles. The normalized spacial score (nSPS) is 13.7. The van der Waals surface area contributed by atoms with Gasteiger partial charge in [0.05, 0.1) is 12.4 Å². The summed E-state index contributed by atoms with van der Waals surface area (Å²) in [5.41, 5.74) is 0. The first kappa shape index (κ1) is 14.0. The van der Waals surface area contributed by atoms with E-state index in [-0.39, 0.29) is 0 Å². The highest BCUT2D eigenvalue weighted by atomic mass is 32.2. The van der Waals surface area contributed by atoms with E-state index in [0.29, 0.717) is 0 Å². The van der Waals surface area contributed by atoms with E-state index in [1.54, 1.807) is 13.0 Å². The lowest BCUT2D eigenvalue weighted by Crippen LogP contribution is -2.16. The predicted molar refractivity (Wildman–Crippen MR) is 45.5 cm³/mol. The van der Waals surface area contributed by atoms with Gasteiger partial charge in [0, 0.05) is 0 Å². The Hall–Kier alpha value is -0.590. The van der Waals surface area contributed by atoms with Gasteiger partial charge in [0.2, 0.25) is 0 Å². The molecule has 0 fully saturated rings. The highest BCUT2D eigenvalue weighted by molar-refractivity contribution is 7.85. The molecule has 0 saturated heterocycles. The fourth-order valence-corrected chi connectivity index (χ4v) is 0.914. The molecule has 12 heavy (non-hydrogen) atoms. The van der Waals surface area contributed by atoms with E-state index in [1.807, 2.05) is 0 Å². The summed E-state index contributed by atoms with van der Waals surface area (Å²) in [5, 5.41) is 16.0. The van der Waals surface area contributed by atoms with Crippen LogP contribution >= 0.6 is 0 Å². The van der Waals surface area contributed by atoms with Crippen LogP contribution in [0.2, 0.25) is 0 Å². The lowest BCUT2D eigenvalue weighted by molar-refractivity contribution is 0.215. The van der Waals surface area contributed by atoms with E-state index in [9.17, 15) is 8.42 Å². The van der Waals surface area contributed by atoms with Crippen molar-refractivity contribution >= 4 is 10.1 Å². The van der Waals surface area contributed by atoms with Gasteiger partial charge in [-0.2, -0.15) is 8.42 Å². The van der Waals surface area contributed by atoms with Crippen LogP contribution in [0, 0.1) is 0 Å². The Morgan fingerprint density at radius 1 is 1.50 bits per heavy atom. The Kier molecular flexibility index (Phi) is 8.24. The number of allylic oxidation sites excluding steroid dienone is 1. The summed E-state index contributed by atoms with van der Waals surface area (Å²) in [7, 11) is -3.97. The standard InChI is InChI=1S/C3H8O4S.C3H6O/c1-3(4)2-8(5,6)7;1-2-3-4/h3-4H,2H2,1H3,(H,5,6,7);2-4H,1H3. The van der Waals surface area contributed by atoms with Crippen LogP contribution in [0.25, 0.3) is 0 Å². The van der Waals surface area contributed by atoms with Crippen molar-refractivity contribution < 1.29 is 23.2 Å². The number of hydrogen-bond donors (Lipinski definition) is 3. The monoisotopic (exact) mass is 198 g/mol. The van der Waals surface area contributed by atoms with Crippen LogP contribution in [0.4, 0.5) is 0 Å². The van der Waals surface area contributed by atoms with Crippen LogP contribution in [-0.2, 0) is 10.1 Å². The summed E-state index contributed by atoms with van der Waals surface area (Å²) in [6.07, 6.45) is 1.56. The molecule has 74 valence electrons. The number of aliphatic hydroxyl groups excluding tert-OH is 2. The first-order valence-electron chi connectivity index (χ1n) is 3.22. The van der Waals surface area contributed by atoms with E-state index in [4.69, 9.17) is 14.8 Å². The van der Waals surface area contributed by atoms with Gasteiger partial charge >= 0.3 is 0 Å². The third-order valence-corrected chi connectivity index (χ3v) is 1.50. The summed E-state index contributed by atoms with van der Waals surface area (Å²) in [5.74, 6) is -0.590.